The number of ketones is 1. The molecule has 0 radical (unpaired) electrons. The van der Waals surface area contributed by atoms with Crippen LogP contribution in [0.2, 0.25) is 5.02 Å². The lowest BCUT2D eigenvalue weighted by molar-refractivity contribution is 0.0849. The topological polar surface area (TPSA) is 71.7 Å². The molecule has 0 amide bonds. The molecule has 0 aliphatic heterocycles. The Morgan fingerprint density at radius 3 is 2.61 bits per heavy atom. The highest BCUT2D eigenvalue weighted by atomic mass is 35.5. The molecule has 1 heterocycles. The Morgan fingerprint density at radius 2 is 1.89 bits per heavy atom. The van der Waals surface area contributed by atoms with E-state index in [1.807, 2.05) is 67.9 Å². The van der Waals surface area contributed by atoms with Crippen molar-refractivity contribution in [3.63, 3.8) is 0 Å². The van der Waals surface area contributed by atoms with Gasteiger partial charge in [0.05, 0.1) is 12.7 Å². The number of aliphatic hydroxyl groups excluding tert-OH is 2. The largest absolute Gasteiger partial charge is 0.485 e. The predicted octanol–water partition coefficient (Wildman–Crippen LogP) is 6.66. The standard InChI is InChI=1S/C28H28ClNO4.C2H6/c1-17-10-21-11-22(29)6-4-20(21)13-28(17)34-16-27(33)25-14-30(9-8-23(32)15-31)26-12-19(18-2-3-18)5-7-24(25)26;1-2/h4-7,10-14,18,23,31-32H,2-3,8-9,15-16H2,1H3;1-2H3. The number of Topliss-reactive ketones (excluding diaryl/α,β-unsaturated/α-hetero) is 1. The summed E-state index contributed by atoms with van der Waals surface area (Å²) < 4.78 is 7.98. The van der Waals surface area contributed by atoms with Crippen molar-refractivity contribution in [1.29, 1.82) is 0 Å². The molecule has 190 valence electrons. The van der Waals surface area contributed by atoms with Crippen molar-refractivity contribution in [2.45, 2.75) is 58.6 Å². The van der Waals surface area contributed by atoms with Crippen LogP contribution in [0.3, 0.4) is 0 Å². The van der Waals surface area contributed by atoms with E-state index in [-0.39, 0.29) is 19.0 Å². The molecule has 1 atom stereocenters. The first-order valence-electron chi connectivity index (χ1n) is 12.7. The summed E-state index contributed by atoms with van der Waals surface area (Å²) >= 11 is 6.11. The normalized spacial score (nSPS) is 13.9. The molecule has 1 aliphatic carbocycles. The molecule has 0 spiro atoms. The average molecular weight is 508 g/mol. The fourth-order valence-corrected chi connectivity index (χ4v) is 4.68. The van der Waals surface area contributed by atoms with Gasteiger partial charge in [0.1, 0.15) is 5.75 Å². The Labute approximate surface area is 217 Å². The summed E-state index contributed by atoms with van der Waals surface area (Å²) in [7, 11) is 0. The first-order valence-corrected chi connectivity index (χ1v) is 13.1. The number of hydrogen-bond donors (Lipinski definition) is 2. The monoisotopic (exact) mass is 507 g/mol. The zero-order chi connectivity index (χ0) is 25.8. The van der Waals surface area contributed by atoms with E-state index in [0.717, 1.165) is 27.2 Å². The Balaban J connectivity index is 0.00000148. The van der Waals surface area contributed by atoms with Crippen molar-refractivity contribution in [3.05, 3.63) is 76.4 Å². The lowest BCUT2D eigenvalue weighted by atomic mass is 10.0. The third kappa shape index (κ3) is 5.75. The van der Waals surface area contributed by atoms with Crippen LogP contribution in [-0.2, 0) is 6.54 Å². The average Bonchev–Trinajstić information content (AvgIpc) is 3.68. The molecular weight excluding hydrogens is 474 g/mol. The fourth-order valence-electron chi connectivity index (χ4n) is 4.50. The summed E-state index contributed by atoms with van der Waals surface area (Å²) in [6, 6.07) is 16.0. The number of aromatic nitrogens is 1. The molecule has 6 heteroatoms. The van der Waals surface area contributed by atoms with Gasteiger partial charge < -0.3 is 19.5 Å². The van der Waals surface area contributed by atoms with Gasteiger partial charge in [-0.2, -0.15) is 0 Å². The van der Waals surface area contributed by atoms with Crippen molar-refractivity contribution < 1.29 is 19.7 Å². The summed E-state index contributed by atoms with van der Waals surface area (Å²) in [4.78, 5) is 13.2. The lowest BCUT2D eigenvalue weighted by Crippen LogP contribution is -2.15. The predicted molar refractivity (Wildman–Crippen MR) is 146 cm³/mol. The fraction of sp³-hybridized carbons (Fsp3) is 0.367. The maximum atomic E-state index is 13.2. The zero-order valence-corrected chi connectivity index (χ0v) is 21.9. The van der Waals surface area contributed by atoms with E-state index in [9.17, 15) is 15.0 Å². The summed E-state index contributed by atoms with van der Waals surface area (Å²) in [5.74, 6) is 1.18. The van der Waals surface area contributed by atoms with Gasteiger partial charge in [0.25, 0.3) is 0 Å². The SMILES string of the molecule is CC.Cc1cc2cc(Cl)ccc2cc1OCC(=O)c1cn(CCC(O)CO)c2cc(C3CC3)ccc12. The van der Waals surface area contributed by atoms with Gasteiger partial charge in [-0.15, -0.1) is 0 Å². The molecule has 1 fully saturated rings. The second-order valence-corrected chi connectivity index (χ2v) is 9.67. The molecule has 36 heavy (non-hydrogen) atoms. The zero-order valence-electron chi connectivity index (χ0n) is 21.1. The summed E-state index contributed by atoms with van der Waals surface area (Å²) in [6.45, 7) is 6.14. The van der Waals surface area contributed by atoms with Gasteiger partial charge in [-0.25, -0.2) is 0 Å². The number of carbonyl (C=O) groups is 1. The van der Waals surface area contributed by atoms with Crippen molar-refractivity contribution in [1.82, 2.24) is 4.57 Å². The molecule has 1 aromatic heterocycles. The number of aliphatic hydroxyl groups is 2. The van der Waals surface area contributed by atoms with Crippen molar-refractivity contribution >= 4 is 39.1 Å². The number of hydrogen-bond acceptors (Lipinski definition) is 4. The number of rotatable bonds is 9. The number of benzene rings is 3. The smallest absolute Gasteiger partial charge is 0.202 e. The molecule has 5 rings (SSSR count). The maximum Gasteiger partial charge on any atom is 0.202 e. The minimum absolute atomic E-state index is 0.0668. The molecule has 3 aromatic carbocycles. The van der Waals surface area contributed by atoms with E-state index in [1.165, 1.54) is 18.4 Å². The van der Waals surface area contributed by atoms with E-state index in [2.05, 4.69) is 12.1 Å². The van der Waals surface area contributed by atoms with Crippen molar-refractivity contribution in [2.24, 2.45) is 0 Å². The highest BCUT2D eigenvalue weighted by molar-refractivity contribution is 6.31. The Bertz CT molecular complexity index is 1370. The van der Waals surface area contributed by atoms with Crippen LogP contribution in [0.1, 0.15) is 60.5 Å². The van der Waals surface area contributed by atoms with Crippen LogP contribution in [0, 0.1) is 6.92 Å². The summed E-state index contributed by atoms with van der Waals surface area (Å²) in [5, 5.41) is 22.6. The Kier molecular flexibility index (Phi) is 8.35. The number of nitrogens with zero attached hydrogens (tertiary/aromatic N) is 1. The summed E-state index contributed by atoms with van der Waals surface area (Å²) in [6.07, 6.45) is 3.89. The molecule has 2 N–H and O–H groups in total. The van der Waals surface area contributed by atoms with Crippen LogP contribution in [0.15, 0.2) is 54.7 Å². The minimum Gasteiger partial charge on any atom is -0.485 e. The maximum absolute atomic E-state index is 13.2. The van der Waals surface area contributed by atoms with Crippen molar-refractivity contribution in [2.75, 3.05) is 13.2 Å². The molecule has 4 aromatic rings. The molecule has 1 unspecified atom stereocenters. The first-order chi connectivity index (χ1) is 17.4. The molecule has 0 bridgehead atoms. The molecule has 1 saturated carbocycles. The van der Waals surface area contributed by atoms with Crippen LogP contribution in [0.25, 0.3) is 21.7 Å². The van der Waals surface area contributed by atoms with Crippen LogP contribution in [0.5, 0.6) is 5.75 Å². The van der Waals surface area contributed by atoms with Crippen LogP contribution in [0.4, 0.5) is 0 Å². The minimum atomic E-state index is -0.780. The molecule has 1 aliphatic rings. The van der Waals surface area contributed by atoms with Gasteiger partial charge in [-0.05, 0) is 84.3 Å². The van der Waals surface area contributed by atoms with Crippen LogP contribution < -0.4 is 4.74 Å². The number of fused-ring (bicyclic) bond motifs is 2. The number of aryl methyl sites for hydroxylation is 2. The highest BCUT2D eigenvalue weighted by Gasteiger charge is 2.25. The van der Waals surface area contributed by atoms with E-state index in [1.54, 1.807) is 0 Å². The molecular formula is C30H34ClNO4. The van der Waals surface area contributed by atoms with E-state index in [4.69, 9.17) is 16.3 Å². The number of halogens is 1. The van der Waals surface area contributed by atoms with Gasteiger partial charge in [0, 0.05) is 34.2 Å². The first kappa shape index (κ1) is 26.2. The molecule has 5 nitrogen and oxygen atoms in total. The van der Waals surface area contributed by atoms with Crippen molar-refractivity contribution in [3.8, 4) is 5.75 Å². The van der Waals surface area contributed by atoms with E-state index in [0.29, 0.717) is 35.2 Å². The van der Waals surface area contributed by atoms with Gasteiger partial charge >= 0.3 is 0 Å². The third-order valence-corrected chi connectivity index (χ3v) is 6.86. The second-order valence-electron chi connectivity index (χ2n) is 9.23. The number of carbonyl (C=O) groups excluding carboxylic acids is 1. The Hall–Kier alpha value is -2.86. The molecule has 0 saturated heterocycles. The van der Waals surface area contributed by atoms with Gasteiger partial charge in [-0.1, -0.05) is 43.6 Å². The van der Waals surface area contributed by atoms with Gasteiger partial charge in [0.15, 0.2) is 6.61 Å². The second kappa shape index (κ2) is 11.5. The lowest BCUT2D eigenvalue weighted by Gasteiger charge is -2.10. The van der Waals surface area contributed by atoms with Gasteiger partial charge in [-0.3, -0.25) is 4.79 Å². The quantitative estimate of drug-likeness (QED) is 0.248. The number of ether oxygens (including phenoxy) is 1. The summed E-state index contributed by atoms with van der Waals surface area (Å²) in [5.41, 5.74) is 3.83. The van der Waals surface area contributed by atoms with E-state index < -0.39 is 6.10 Å². The Morgan fingerprint density at radius 1 is 1.11 bits per heavy atom. The van der Waals surface area contributed by atoms with Gasteiger partial charge in [0.2, 0.25) is 5.78 Å². The van der Waals surface area contributed by atoms with Crippen LogP contribution in [-0.4, -0.2) is 39.9 Å². The highest BCUT2D eigenvalue weighted by Crippen LogP contribution is 2.41. The van der Waals surface area contributed by atoms with E-state index >= 15 is 0 Å². The van der Waals surface area contributed by atoms with Crippen LogP contribution >= 0.6 is 11.6 Å². The third-order valence-electron chi connectivity index (χ3n) is 6.62.